The Hall–Kier alpha value is -3.37. The topological polar surface area (TPSA) is 99.6 Å². The standard InChI is InChI=1S/C25H20Br2N4O4/c1-3-23-29-21-8-7-18(26)12-19(21)25(32)30(23)28-13-17-10-20(27)24(22(11-17)31(33)34)35-14-16-6-4-5-15(2)9-16/h4-13H,3,14H2,1-2H3. The fourth-order valence-electron chi connectivity index (χ4n) is 3.58. The number of hydrogen-bond donors (Lipinski definition) is 0. The Kier molecular flexibility index (Phi) is 7.42. The number of aryl methyl sites for hydroxylation is 2. The summed E-state index contributed by atoms with van der Waals surface area (Å²) in [6, 6.07) is 16.0. The third-order valence-electron chi connectivity index (χ3n) is 5.22. The Bertz CT molecular complexity index is 1530. The summed E-state index contributed by atoms with van der Waals surface area (Å²) in [7, 11) is 0. The summed E-state index contributed by atoms with van der Waals surface area (Å²) in [4.78, 5) is 28.9. The summed E-state index contributed by atoms with van der Waals surface area (Å²) < 4.78 is 8.18. The number of hydrogen-bond acceptors (Lipinski definition) is 6. The number of ether oxygens (including phenoxy) is 1. The molecule has 0 amide bonds. The summed E-state index contributed by atoms with van der Waals surface area (Å²) in [5.74, 6) is 0.602. The molecule has 0 aliphatic rings. The summed E-state index contributed by atoms with van der Waals surface area (Å²) >= 11 is 6.76. The first-order chi connectivity index (χ1) is 16.8. The lowest BCUT2D eigenvalue weighted by atomic mass is 10.1. The van der Waals surface area contributed by atoms with Gasteiger partial charge in [-0.25, -0.2) is 4.98 Å². The van der Waals surface area contributed by atoms with E-state index in [2.05, 4.69) is 41.9 Å². The van der Waals surface area contributed by atoms with Gasteiger partial charge >= 0.3 is 5.69 Å². The van der Waals surface area contributed by atoms with E-state index in [4.69, 9.17) is 4.74 Å². The van der Waals surface area contributed by atoms with Crippen LogP contribution in [0.25, 0.3) is 10.9 Å². The lowest BCUT2D eigenvalue weighted by Gasteiger charge is -2.11. The number of nitro benzene ring substituents is 1. The quantitative estimate of drug-likeness (QED) is 0.144. The van der Waals surface area contributed by atoms with Crippen molar-refractivity contribution in [1.82, 2.24) is 9.66 Å². The van der Waals surface area contributed by atoms with Crippen LogP contribution in [0.2, 0.25) is 0 Å². The third-order valence-corrected chi connectivity index (χ3v) is 6.30. The Morgan fingerprint density at radius 1 is 1.17 bits per heavy atom. The SMILES string of the molecule is CCc1nc2ccc(Br)cc2c(=O)n1N=Cc1cc(Br)c(OCc2cccc(C)c2)c([N+](=O)[O-])c1. The maximum Gasteiger partial charge on any atom is 0.312 e. The number of aromatic nitrogens is 2. The molecule has 4 rings (SSSR count). The highest BCUT2D eigenvalue weighted by Gasteiger charge is 2.20. The fraction of sp³-hybridized carbons (Fsp3) is 0.160. The van der Waals surface area contributed by atoms with Gasteiger partial charge in [-0.15, -0.1) is 0 Å². The summed E-state index contributed by atoms with van der Waals surface area (Å²) in [5.41, 5.74) is 2.44. The van der Waals surface area contributed by atoms with E-state index >= 15 is 0 Å². The Labute approximate surface area is 217 Å². The Balaban J connectivity index is 1.70. The molecule has 0 fully saturated rings. The van der Waals surface area contributed by atoms with Crippen molar-refractivity contribution in [3.63, 3.8) is 0 Å². The molecule has 0 saturated carbocycles. The van der Waals surface area contributed by atoms with Crippen LogP contribution < -0.4 is 10.3 Å². The highest BCUT2D eigenvalue weighted by molar-refractivity contribution is 9.10. The lowest BCUT2D eigenvalue weighted by Crippen LogP contribution is -2.22. The van der Waals surface area contributed by atoms with E-state index in [9.17, 15) is 14.9 Å². The molecule has 4 aromatic rings. The van der Waals surface area contributed by atoms with E-state index in [0.29, 0.717) is 33.2 Å². The number of rotatable bonds is 7. The van der Waals surface area contributed by atoms with Crippen molar-refractivity contribution in [1.29, 1.82) is 0 Å². The smallest absolute Gasteiger partial charge is 0.312 e. The molecule has 3 aromatic carbocycles. The second-order valence-corrected chi connectivity index (χ2v) is 9.56. The largest absolute Gasteiger partial charge is 0.481 e. The van der Waals surface area contributed by atoms with Crippen molar-refractivity contribution in [2.75, 3.05) is 0 Å². The van der Waals surface area contributed by atoms with Gasteiger partial charge in [-0.05, 0) is 52.7 Å². The zero-order chi connectivity index (χ0) is 25.1. The predicted octanol–water partition coefficient (Wildman–Crippen LogP) is 6.16. The molecule has 0 spiro atoms. The van der Waals surface area contributed by atoms with E-state index in [-0.39, 0.29) is 23.6 Å². The molecule has 0 bridgehead atoms. The Morgan fingerprint density at radius 2 is 1.97 bits per heavy atom. The van der Waals surface area contributed by atoms with Gasteiger partial charge in [0.1, 0.15) is 12.4 Å². The number of benzene rings is 3. The molecule has 0 atom stereocenters. The van der Waals surface area contributed by atoms with Gasteiger partial charge in [-0.1, -0.05) is 52.7 Å². The highest BCUT2D eigenvalue weighted by atomic mass is 79.9. The lowest BCUT2D eigenvalue weighted by molar-refractivity contribution is -0.386. The van der Waals surface area contributed by atoms with Gasteiger partial charge in [-0.3, -0.25) is 14.9 Å². The van der Waals surface area contributed by atoms with Crippen LogP contribution in [0.15, 0.2) is 73.4 Å². The molecule has 1 aromatic heterocycles. The summed E-state index contributed by atoms with van der Waals surface area (Å²) in [6.07, 6.45) is 1.88. The minimum absolute atomic E-state index is 0.122. The number of halogens is 2. The number of nitro groups is 1. The average molecular weight is 600 g/mol. The molecule has 8 nitrogen and oxygen atoms in total. The molecule has 0 saturated heterocycles. The van der Waals surface area contributed by atoms with Crippen LogP contribution in [0.1, 0.15) is 29.4 Å². The second kappa shape index (κ2) is 10.5. The molecule has 0 radical (unpaired) electrons. The fourth-order valence-corrected chi connectivity index (χ4v) is 4.52. The highest BCUT2D eigenvalue weighted by Crippen LogP contribution is 2.36. The molecule has 10 heteroatoms. The maximum absolute atomic E-state index is 13.1. The van der Waals surface area contributed by atoms with Crippen LogP contribution in [0.5, 0.6) is 5.75 Å². The van der Waals surface area contributed by atoms with Gasteiger partial charge in [0, 0.05) is 22.5 Å². The zero-order valence-electron chi connectivity index (χ0n) is 18.9. The first-order valence-electron chi connectivity index (χ1n) is 10.7. The van der Waals surface area contributed by atoms with Gasteiger partial charge < -0.3 is 4.74 Å². The zero-order valence-corrected chi connectivity index (χ0v) is 22.0. The molecule has 0 N–H and O–H groups in total. The molecule has 35 heavy (non-hydrogen) atoms. The molecule has 178 valence electrons. The van der Waals surface area contributed by atoms with E-state index < -0.39 is 4.92 Å². The van der Waals surface area contributed by atoms with Crippen molar-refractivity contribution in [3.8, 4) is 5.75 Å². The van der Waals surface area contributed by atoms with Crippen LogP contribution in [0.4, 0.5) is 5.69 Å². The number of fused-ring (bicyclic) bond motifs is 1. The van der Waals surface area contributed by atoms with Crippen LogP contribution in [0, 0.1) is 17.0 Å². The van der Waals surface area contributed by atoms with Crippen LogP contribution in [0.3, 0.4) is 0 Å². The van der Waals surface area contributed by atoms with Gasteiger partial charge in [0.15, 0.2) is 0 Å². The van der Waals surface area contributed by atoms with Crippen molar-refractivity contribution < 1.29 is 9.66 Å². The van der Waals surface area contributed by atoms with Crippen LogP contribution in [-0.4, -0.2) is 20.8 Å². The van der Waals surface area contributed by atoms with E-state index in [1.807, 2.05) is 44.2 Å². The van der Waals surface area contributed by atoms with Crippen molar-refractivity contribution >= 4 is 54.7 Å². The first-order valence-corrected chi connectivity index (χ1v) is 12.3. The average Bonchev–Trinajstić information content (AvgIpc) is 2.82. The van der Waals surface area contributed by atoms with Crippen molar-refractivity contribution in [2.24, 2.45) is 5.10 Å². The maximum atomic E-state index is 13.1. The minimum Gasteiger partial charge on any atom is -0.481 e. The van der Waals surface area contributed by atoms with E-state index in [1.165, 1.54) is 17.0 Å². The predicted molar refractivity (Wildman–Crippen MR) is 142 cm³/mol. The molecular formula is C25H20Br2N4O4. The van der Waals surface area contributed by atoms with Crippen molar-refractivity contribution in [2.45, 2.75) is 26.9 Å². The minimum atomic E-state index is -0.508. The molecular weight excluding hydrogens is 580 g/mol. The van der Waals surface area contributed by atoms with Crippen molar-refractivity contribution in [3.05, 3.63) is 107 Å². The van der Waals surface area contributed by atoms with Crippen LogP contribution in [-0.2, 0) is 13.0 Å². The molecule has 0 unspecified atom stereocenters. The van der Waals surface area contributed by atoms with Gasteiger partial charge in [0.25, 0.3) is 5.56 Å². The monoisotopic (exact) mass is 598 g/mol. The molecule has 0 aliphatic carbocycles. The summed E-state index contributed by atoms with van der Waals surface area (Å²) in [5, 5.41) is 16.5. The van der Waals surface area contributed by atoms with Gasteiger partial charge in [-0.2, -0.15) is 9.78 Å². The first kappa shape index (κ1) is 24.7. The van der Waals surface area contributed by atoms with Crippen LogP contribution >= 0.6 is 31.9 Å². The summed E-state index contributed by atoms with van der Waals surface area (Å²) in [6.45, 7) is 4.03. The Morgan fingerprint density at radius 3 is 2.69 bits per heavy atom. The number of nitrogens with zero attached hydrogens (tertiary/aromatic N) is 4. The normalized spacial score (nSPS) is 11.3. The third kappa shape index (κ3) is 5.49. The van der Waals surface area contributed by atoms with E-state index in [1.54, 1.807) is 18.2 Å². The van der Waals surface area contributed by atoms with Gasteiger partial charge in [0.2, 0.25) is 5.75 Å². The molecule has 1 heterocycles. The second-order valence-electron chi connectivity index (χ2n) is 7.79. The van der Waals surface area contributed by atoms with Gasteiger partial charge in [0.05, 0.1) is 26.5 Å². The molecule has 0 aliphatic heterocycles. The van der Waals surface area contributed by atoms with E-state index in [0.717, 1.165) is 15.6 Å².